The third kappa shape index (κ3) is 4.49. The number of benzene rings is 2. The molecule has 7 nitrogen and oxygen atoms in total. The van der Waals surface area contributed by atoms with Gasteiger partial charge in [0.25, 0.3) is 5.91 Å². The normalized spacial score (nSPS) is 14.0. The molecule has 1 aromatic heterocycles. The second kappa shape index (κ2) is 9.04. The summed E-state index contributed by atoms with van der Waals surface area (Å²) in [7, 11) is 1.58. The van der Waals surface area contributed by atoms with Crippen molar-refractivity contribution in [1.29, 1.82) is 0 Å². The number of methoxy groups -OCH3 is 1. The molecule has 1 saturated carbocycles. The fourth-order valence-electron chi connectivity index (χ4n) is 3.37. The Bertz CT molecular complexity index is 1010. The van der Waals surface area contributed by atoms with Crippen LogP contribution in [0.5, 0.6) is 5.75 Å². The summed E-state index contributed by atoms with van der Waals surface area (Å²) in [6.45, 7) is 0.380. The van der Waals surface area contributed by atoms with Crippen LogP contribution in [0, 0.1) is 0 Å². The van der Waals surface area contributed by atoms with E-state index in [0.29, 0.717) is 17.9 Å². The van der Waals surface area contributed by atoms with Crippen molar-refractivity contribution < 1.29 is 14.3 Å². The lowest BCUT2D eigenvalue weighted by Crippen LogP contribution is -2.45. The lowest BCUT2D eigenvalue weighted by atomic mass is 10.0. The number of amides is 2. The number of nitrogens with one attached hydrogen (secondary N) is 1. The molecule has 0 aliphatic heterocycles. The lowest BCUT2D eigenvalue weighted by Gasteiger charge is -2.31. The molecule has 1 aliphatic carbocycles. The number of ether oxygens (including phenoxy) is 1. The summed E-state index contributed by atoms with van der Waals surface area (Å²) in [5, 5.41) is 8.54. The summed E-state index contributed by atoms with van der Waals surface area (Å²) in [5.74, 6) is 0.108. The van der Waals surface area contributed by atoms with Gasteiger partial charge >= 0.3 is 0 Å². The van der Waals surface area contributed by atoms with E-state index >= 15 is 0 Å². The summed E-state index contributed by atoms with van der Waals surface area (Å²) in [4.78, 5) is 28.3. The van der Waals surface area contributed by atoms with Crippen molar-refractivity contribution in [3.63, 3.8) is 0 Å². The SMILES string of the molecule is COc1cccc(C(C(=O)NCc2ccccc2)N(C(=O)c2csnn2)C2CC2)c1. The number of aromatic nitrogens is 2. The number of carbonyl (C=O) groups excluding carboxylic acids is 2. The average Bonchev–Trinajstić information content (AvgIpc) is 3.47. The molecule has 1 unspecified atom stereocenters. The maximum Gasteiger partial charge on any atom is 0.276 e. The maximum absolute atomic E-state index is 13.4. The number of nitrogens with zero attached hydrogens (tertiary/aromatic N) is 3. The summed E-state index contributed by atoms with van der Waals surface area (Å²) in [6, 6.07) is 16.2. The Hall–Kier alpha value is -3.26. The van der Waals surface area contributed by atoms with Crippen molar-refractivity contribution in [2.45, 2.75) is 31.5 Å². The highest BCUT2D eigenvalue weighted by Gasteiger charge is 2.42. The smallest absolute Gasteiger partial charge is 0.276 e. The molecule has 0 radical (unpaired) electrons. The Morgan fingerprint density at radius 2 is 2.00 bits per heavy atom. The van der Waals surface area contributed by atoms with Crippen molar-refractivity contribution >= 4 is 23.3 Å². The molecule has 1 N–H and O–H groups in total. The molecule has 2 amide bonds. The summed E-state index contributed by atoms with van der Waals surface area (Å²) < 4.78 is 9.16. The van der Waals surface area contributed by atoms with Crippen molar-refractivity contribution in [3.05, 3.63) is 76.8 Å². The zero-order chi connectivity index (χ0) is 20.9. The van der Waals surface area contributed by atoms with Crippen molar-refractivity contribution in [2.75, 3.05) is 7.11 Å². The van der Waals surface area contributed by atoms with Crippen molar-refractivity contribution in [2.24, 2.45) is 0 Å². The van der Waals surface area contributed by atoms with Crippen LogP contribution in [0.3, 0.4) is 0 Å². The van der Waals surface area contributed by atoms with E-state index in [0.717, 1.165) is 29.9 Å². The first-order chi connectivity index (χ1) is 14.7. The fraction of sp³-hybridized carbons (Fsp3) is 0.273. The van der Waals surface area contributed by atoms with E-state index in [2.05, 4.69) is 14.9 Å². The lowest BCUT2D eigenvalue weighted by molar-refractivity contribution is -0.126. The first kappa shape index (κ1) is 20.0. The van der Waals surface area contributed by atoms with E-state index in [9.17, 15) is 9.59 Å². The van der Waals surface area contributed by atoms with E-state index in [1.165, 1.54) is 0 Å². The van der Waals surface area contributed by atoms with Gasteiger partial charge in [0.2, 0.25) is 5.91 Å². The monoisotopic (exact) mass is 422 g/mol. The highest BCUT2D eigenvalue weighted by atomic mass is 32.1. The average molecular weight is 423 g/mol. The molecular formula is C22H22N4O3S. The predicted molar refractivity (Wildman–Crippen MR) is 113 cm³/mol. The van der Waals surface area contributed by atoms with Crippen molar-refractivity contribution in [3.8, 4) is 5.75 Å². The maximum atomic E-state index is 13.4. The largest absolute Gasteiger partial charge is 0.497 e. The van der Waals surface area contributed by atoms with Gasteiger partial charge in [0.1, 0.15) is 11.8 Å². The number of carbonyl (C=O) groups is 2. The minimum absolute atomic E-state index is 0.00197. The fourth-order valence-corrected chi connectivity index (χ4v) is 3.80. The van der Waals surface area contributed by atoms with E-state index in [4.69, 9.17) is 4.74 Å². The van der Waals surface area contributed by atoms with Gasteiger partial charge in [-0.05, 0) is 47.6 Å². The van der Waals surface area contributed by atoms with E-state index in [1.54, 1.807) is 23.5 Å². The minimum atomic E-state index is -0.787. The Labute approximate surface area is 178 Å². The van der Waals surface area contributed by atoms with Gasteiger partial charge in [0, 0.05) is 18.0 Å². The standard InChI is InChI=1S/C22H22N4O3S/c1-29-18-9-5-8-16(12-18)20(21(27)23-13-15-6-3-2-4-7-15)26(17-10-11-17)22(28)19-14-30-25-24-19/h2-9,12,14,17,20H,10-11,13H2,1H3,(H,23,27). The third-order valence-corrected chi connectivity index (χ3v) is 5.50. The highest BCUT2D eigenvalue weighted by molar-refractivity contribution is 7.03. The van der Waals surface area contributed by atoms with Crippen molar-refractivity contribution in [1.82, 2.24) is 19.8 Å². The van der Waals surface area contributed by atoms with E-state index in [1.807, 2.05) is 48.5 Å². The van der Waals surface area contributed by atoms with Gasteiger partial charge in [-0.3, -0.25) is 9.59 Å². The second-order valence-electron chi connectivity index (χ2n) is 7.12. The summed E-state index contributed by atoms with van der Waals surface area (Å²) in [5.41, 5.74) is 1.95. The van der Waals surface area contributed by atoms with Gasteiger partial charge in [-0.15, -0.1) is 5.10 Å². The predicted octanol–water partition coefficient (Wildman–Crippen LogP) is 3.21. The van der Waals surface area contributed by atoms with Crippen LogP contribution in [0.4, 0.5) is 0 Å². The van der Waals surface area contributed by atoms with Gasteiger partial charge in [0.05, 0.1) is 7.11 Å². The molecule has 2 aromatic carbocycles. The molecule has 8 heteroatoms. The molecule has 3 aromatic rings. The van der Waals surface area contributed by atoms with Gasteiger partial charge in [-0.1, -0.05) is 47.0 Å². The number of rotatable bonds is 8. The molecule has 1 fully saturated rings. The van der Waals surface area contributed by atoms with Gasteiger partial charge in [-0.25, -0.2) is 0 Å². The Kier molecular flexibility index (Phi) is 6.04. The highest BCUT2D eigenvalue weighted by Crippen LogP contribution is 2.36. The van der Waals surface area contributed by atoms with Gasteiger partial charge < -0.3 is 15.0 Å². The Morgan fingerprint density at radius 1 is 1.20 bits per heavy atom. The van der Waals surface area contributed by atoms with Crippen LogP contribution < -0.4 is 10.1 Å². The van der Waals surface area contributed by atoms with Crippen LogP contribution in [0.15, 0.2) is 60.0 Å². The number of hydrogen-bond acceptors (Lipinski definition) is 6. The van der Waals surface area contributed by atoms with Crippen LogP contribution >= 0.6 is 11.5 Å². The second-order valence-corrected chi connectivity index (χ2v) is 7.73. The zero-order valence-corrected chi connectivity index (χ0v) is 17.3. The molecule has 0 spiro atoms. The molecule has 0 saturated heterocycles. The molecule has 0 bridgehead atoms. The first-order valence-corrected chi connectivity index (χ1v) is 10.6. The van der Waals surface area contributed by atoms with Gasteiger partial charge in [-0.2, -0.15) is 0 Å². The van der Waals surface area contributed by atoms with Crippen LogP contribution in [0.2, 0.25) is 0 Å². The summed E-state index contributed by atoms with van der Waals surface area (Å²) >= 11 is 1.12. The van der Waals surface area contributed by atoms with Crippen LogP contribution in [-0.4, -0.2) is 39.5 Å². The topological polar surface area (TPSA) is 84.4 Å². The third-order valence-electron chi connectivity index (χ3n) is 5.00. The van der Waals surface area contributed by atoms with E-state index in [-0.39, 0.29) is 23.6 Å². The molecule has 154 valence electrons. The Morgan fingerprint density at radius 3 is 2.67 bits per heavy atom. The zero-order valence-electron chi connectivity index (χ0n) is 16.5. The summed E-state index contributed by atoms with van der Waals surface area (Å²) in [6.07, 6.45) is 1.71. The Balaban J connectivity index is 1.66. The molecule has 4 rings (SSSR count). The van der Waals surface area contributed by atoms with Crippen LogP contribution in [-0.2, 0) is 11.3 Å². The number of hydrogen-bond donors (Lipinski definition) is 1. The molecule has 30 heavy (non-hydrogen) atoms. The molecule has 1 atom stereocenters. The first-order valence-electron chi connectivity index (χ1n) is 9.72. The van der Waals surface area contributed by atoms with Crippen LogP contribution in [0.1, 0.15) is 40.5 Å². The molecule has 1 heterocycles. The quantitative estimate of drug-likeness (QED) is 0.603. The van der Waals surface area contributed by atoms with E-state index < -0.39 is 6.04 Å². The van der Waals surface area contributed by atoms with Gasteiger partial charge in [0.15, 0.2) is 5.69 Å². The van der Waals surface area contributed by atoms with Crippen LogP contribution in [0.25, 0.3) is 0 Å². The minimum Gasteiger partial charge on any atom is -0.497 e. The molecule has 1 aliphatic rings. The molecular weight excluding hydrogens is 400 g/mol.